The number of hydrogen-bond donors (Lipinski definition) is 0. The van der Waals surface area contributed by atoms with Gasteiger partial charge in [-0.3, -0.25) is 4.48 Å². The van der Waals surface area contributed by atoms with Gasteiger partial charge in [0.1, 0.15) is 13.1 Å². The molecule has 0 aromatic heterocycles. The molecule has 3 heteroatoms. The van der Waals surface area contributed by atoms with Crippen molar-refractivity contribution in [3.8, 4) is 12.3 Å². The Labute approximate surface area is 159 Å². The zero-order valence-electron chi connectivity index (χ0n) is 15.9. The van der Waals surface area contributed by atoms with Crippen LogP contribution in [0.2, 0.25) is 0 Å². The van der Waals surface area contributed by atoms with E-state index in [0.717, 1.165) is 30.8 Å². The minimum atomic E-state index is 0.147. The van der Waals surface area contributed by atoms with Crippen molar-refractivity contribution in [2.45, 2.75) is 88.9 Å². The first-order chi connectivity index (χ1) is 11.7. The minimum absolute atomic E-state index is 0.147. The second-order valence-corrected chi connectivity index (χ2v) is 8.26. The molecule has 140 valence electrons. The van der Waals surface area contributed by atoms with Crippen LogP contribution in [0.1, 0.15) is 84.0 Å². The van der Waals surface area contributed by atoms with E-state index in [1.165, 1.54) is 83.6 Å². The Morgan fingerprint density at radius 3 is 1.79 bits per heavy atom. The van der Waals surface area contributed by atoms with Crippen LogP contribution in [0.25, 0.3) is 0 Å². The fourth-order valence-corrected chi connectivity index (χ4v) is 4.31. The average molecular weight is 401 g/mol. The van der Waals surface area contributed by atoms with Crippen molar-refractivity contribution in [1.29, 1.82) is 0 Å². The number of halogens is 1. The number of nitrogens with zero attached hydrogens (tertiary/aromatic N) is 1. The molecule has 0 saturated carbocycles. The Bertz CT molecular complexity index is 333. The first-order valence-corrected chi connectivity index (χ1v) is 11.2. The summed E-state index contributed by atoms with van der Waals surface area (Å²) < 4.78 is 6.54. The summed E-state index contributed by atoms with van der Waals surface area (Å²) in [6.07, 6.45) is 22.5. The molecule has 1 unspecified atom stereocenters. The van der Waals surface area contributed by atoms with Crippen molar-refractivity contribution in [1.82, 2.24) is 0 Å². The lowest BCUT2D eigenvalue weighted by Gasteiger charge is -2.43. The molecule has 1 fully saturated rings. The fourth-order valence-electron chi connectivity index (χ4n) is 3.70. The summed E-state index contributed by atoms with van der Waals surface area (Å²) in [6, 6.07) is 0. The molecular formula is C21H39BrNO+. The van der Waals surface area contributed by atoms with Crippen molar-refractivity contribution in [2.24, 2.45) is 0 Å². The largest absolute Gasteiger partial charge is 0.370 e. The standard InChI is InChI=1S/C21H39BrNO/c1-3-5-6-7-8-9-10-11-12-13-14-15-16-23(21(22)4-2)17-19-24-20-18-23/h2,21H,3,5-20H2,1H3/q+1. The molecule has 1 rings (SSSR count). The van der Waals surface area contributed by atoms with Crippen LogP contribution >= 0.6 is 15.9 Å². The zero-order valence-corrected chi connectivity index (χ0v) is 17.5. The Kier molecular flexibility index (Phi) is 13.0. The summed E-state index contributed by atoms with van der Waals surface area (Å²) >= 11 is 3.71. The van der Waals surface area contributed by atoms with Gasteiger partial charge in [0.25, 0.3) is 0 Å². The van der Waals surface area contributed by atoms with Gasteiger partial charge in [-0.15, -0.1) is 6.42 Å². The molecule has 1 aliphatic rings. The smallest absolute Gasteiger partial charge is 0.205 e. The molecule has 0 aromatic rings. The second-order valence-electron chi connectivity index (χ2n) is 7.39. The second kappa shape index (κ2) is 14.2. The molecule has 0 amide bonds. The summed E-state index contributed by atoms with van der Waals surface area (Å²) in [5.41, 5.74) is 0. The highest BCUT2D eigenvalue weighted by molar-refractivity contribution is 9.09. The van der Waals surface area contributed by atoms with E-state index in [4.69, 9.17) is 11.2 Å². The molecule has 24 heavy (non-hydrogen) atoms. The number of quaternary nitrogens is 1. The molecule has 0 aromatic carbocycles. The highest BCUT2D eigenvalue weighted by Crippen LogP contribution is 2.23. The molecule has 0 radical (unpaired) electrons. The molecule has 0 spiro atoms. The van der Waals surface area contributed by atoms with Gasteiger partial charge in [-0.1, -0.05) is 71.1 Å². The normalized spacial score (nSPS) is 18.2. The Morgan fingerprint density at radius 1 is 0.875 bits per heavy atom. The van der Waals surface area contributed by atoms with Gasteiger partial charge >= 0.3 is 0 Å². The molecule has 1 aliphatic heterocycles. The maximum absolute atomic E-state index is 5.67. The maximum atomic E-state index is 5.67. The van der Waals surface area contributed by atoms with Crippen LogP contribution in [0.15, 0.2) is 0 Å². The summed E-state index contributed by atoms with van der Waals surface area (Å²) in [4.78, 5) is 0.147. The van der Waals surface area contributed by atoms with Gasteiger partial charge in [-0.25, -0.2) is 0 Å². The molecule has 0 aliphatic carbocycles. The van der Waals surface area contributed by atoms with Crippen molar-refractivity contribution in [2.75, 3.05) is 32.8 Å². The van der Waals surface area contributed by atoms with Crippen molar-refractivity contribution >= 4 is 15.9 Å². The minimum Gasteiger partial charge on any atom is -0.370 e. The summed E-state index contributed by atoms with van der Waals surface area (Å²) in [6.45, 7) is 7.29. The first-order valence-electron chi connectivity index (χ1n) is 10.3. The fraction of sp³-hybridized carbons (Fsp3) is 0.905. The Balaban J connectivity index is 1.99. The molecule has 0 bridgehead atoms. The van der Waals surface area contributed by atoms with Gasteiger partial charge in [0.15, 0.2) is 0 Å². The van der Waals surface area contributed by atoms with Gasteiger partial charge in [0.2, 0.25) is 4.95 Å². The van der Waals surface area contributed by atoms with Crippen LogP contribution in [0.4, 0.5) is 0 Å². The van der Waals surface area contributed by atoms with Crippen LogP contribution < -0.4 is 0 Å². The molecule has 1 saturated heterocycles. The molecular weight excluding hydrogens is 362 g/mol. The number of morpholine rings is 1. The van der Waals surface area contributed by atoms with Crippen LogP contribution in [-0.2, 0) is 4.74 Å². The van der Waals surface area contributed by atoms with E-state index in [-0.39, 0.29) is 4.95 Å². The Morgan fingerprint density at radius 2 is 1.33 bits per heavy atom. The lowest BCUT2D eigenvalue weighted by atomic mass is 10.0. The predicted molar refractivity (Wildman–Crippen MR) is 108 cm³/mol. The van der Waals surface area contributed by atoms with E-state index in [1.54, 1.807) is 0 Å². The highest BCUT2D eigenvalue weighted by Gasteiger charge is 2.35. The number of hydrogen-bond acceptors (Lipinski definition) is 1. The first kappa shape index (κ1) is 22.0. The third kappa shape index (κ3) is 8.88. The summed E-state index contributed by atoms with van der Waals surface area (Å²) in [5, 5.41) is 0. The van der Waals surface area contributed by atoms with Gasteiger partial charge in [0, 0.05) is 0 Å². The number of rotatable bonds is 14. The van der Waals surface area contributed by atoms with Crippen molar-refractivity contribution < 1.29 is 9.22 Å². The number of unbranched alkanes of at least 4 members (excludes halogenated alkanes) is 11. The lowest BCUT2D eigenvalue weighted by Crippen LogP contribution is -2.59. The summed E-state index contributed by atoms with van der Waals surface area (Å²) in [5.74, 6) is 2.90. The lowest BCUT2D eigenvalue weighted by molar-refractivity contribution is -0.936. The van der Waals surface area contributed by atoms with E-state index < -0.39 is 0 Å². The van der Waals surface area contributed by atoms with Crippen LogP contribution in [0, 0.1) is 12.3 Å². The third-order valence-electron chi connectivity index (χ3n) is 5.44. The molecule has 2 nitrogen and oxygen atoms in total. The topological polar surface area (TPSA) is 9.23 Å². The van der Waals surface area contributed by atoms with Crippen molar-refractivity contribution in [3.63, 3.8) is 0 Å². The highest BCUT2D eigenvalue weighted by atomic mass is 79.9. The average Bonchev–Trinajstić information content (AvgIpc) is 2.62. The quantitative estimate of drug-likeness (QED) is 0.116. The molecule has 1 heterocycles. The van der Waals surface area contributed by atoms with Gasteiger partial charge in [-0.05, 0) is 34.7 Å². The SMILES string of the molecule is C#CC(Br)[N+]1(CCCCCCCCCCCCCC)CCOCC1. The molecule has 0 N–H and O–H groups in total. The zero-order chi connectivity index (χ0) is 17.5. The number of terminal acetylenes is 1. The van der Waals surface area contributed by atoms with E-state index >= 15 is 0 Å². The van der Waals surface area contributed by atoms with E-state index in [9.17, 15) is 0 Å². The maximum Gasteiger partial charge on any atom is 0.205 e. The van der Waals surface area contributed by atoms with Crippen LogP contribution in [0.5, 0.6) is 0 Å². The van der Waals surface area contributed by atoms with Crippen LogP contribution in [-0.4, -0.2) is 42.3 Å². The van der Waals surface area contributed by atoms with Crippen molar-refractivity contribution in [3.05, 3.63) is 0 Å². The predicted octanol–water partition coefficient (Wildman–Crippen LogP) is 5.89. The number of alkyl halides is 1. The monoisotopic (exact) mass is 400 g/mol. The van der Waals surface area contributed by atoms with Gasteiger partial charge in [0.05, 0.1) is 19.8 Å². The molecule has 1 atom stereocenters. The van der Waals surface area contributed by atoms with E-state index in [0.29, 0.717) is 0 Å². The third-order valence-corrected chi connectivity index (χ3v) is 6.57. The van der Waals surface area contributed by atoms with Gasteiger partial charge < -0.3 is 4.74 Å². The van der Waals surface area contributed by atoms with E-state index in [2.05, 4.69) is 28.8 Å². The Hall–Kier alpha value is -0.0400. The number of ether oxygens (including phenoxy) is 1. The summed E-state index contributed by atoms with van der Waals surface area (Å²) in [7, 11) is 0. The van der Waals surface area contributed by atoms with E-state index in [1.807, 2.05) is 0 Å². The van der Waals surface area contributed by atoms with Gasteiger partial charge in [-0.2, -0.15) is 0 Å². The van der Waals surface area contributed by atoms with Crippen LogP contribution in [0.3, 0.4) is 0 Å².